The van der Waals surface area contributed by atoms with Crippen LogP contribution in [0.2, 0.25) is 0 Å². The van der Waals surface area contributed by atoms with Gasteiger partial charge in [-0.1, -0.05) is 12.1 Å². The first kappa shape index (κ1) is 13.9. The Kier molecular flexibility index (Phi) is 3.21. The van der Waals surface area contributed by atoms with Gasteiger partial charge in [-0.05, 0) is 37.1 Å². The van der Waals surface area contributed by atoms with Gasteiger partial charge < -0.3 is 4.42 Å². The molecule has 0 spiro atoms. The van der Waals surface area contributed by atoms with Crippen LogP contribution in [0.5, 0.6) is 0 Å². The maximum atomic E-state index is 12.2. The van der Waals surface area contributed by atoms with Crippen LogP contribution in [0.25, 0.3) is 22.4 Å². The van der Waals surface area contributed by atoms with Crippen molar-refractivity contribution in [1.82, 2.24) is 4.98 Å². The molecule has 0 amide bonds. The summed E-state index contributed by atoms with van der Waals surface area (Å²) in [5, 5.41) is 11.3. The third-order valence-corrected chi connectivity index (χ3v) is 3.37. The Labute approximate surface area is 125 Å². The highest BCUT2D eigenvalue weighted by molar-refractivity contribution is 5.82. The van der Waals surface area contributed by atoms with Crippen LogP contribution in [-0.2, 0) is 0 Å². The van der Waals surface area contributed by atoms with Crippen molar-refractivity contribution in [3.8, 4) is 11.5 Å². The number of hydrogen-bond donors (Lipinski definition) is 0. The average molecular weight is 296 g/mol. The molecule has 0 aliphatic carbocycles. The molecular formula is C16H12N2O4. The maximum Gasteiger partial charge on any atom is 0.347 e. The van der Waals surface area contributed by atoms with Crippen LogP contribution in [0.15, 0.2) is 45.6 Å². The van der Waals surface area contributed by atoms with E-state index in [0.717, 1.165) is 11.1 Å². The molecule has 3 rings (SSSR count). The van der Waals surface area contributed by atoms with Crippen molar-refractivity contribution in [2.24, 2.45) is 0 Å². The van der Waals surface area contributed by atoms with Crippen LogP contribution in [0.4, 0.5) is 5.69 Å². The number of benzene rings is 2. The Morgan fingerprint density at radius 3 is 2.68 bits per heavy atom. The van der Waals surface area contributed by atoms with E-state index >= 15 is 0 Å². The topological polar surface area (TPSA) is 86.2 Å². The highest BCUT2D eigenvalue weighted by Gasteiger charge is 2.13. The van der Waals surface area contributed by atoms with Gasteiger partial charge in [-0.2, -0.15) is 0 Å². The van der Waals surface area contributed by atoms with E-state index in [1.807, 2.05) is 19.9 Å². The Morgan fingerprint density at radius 2 is 1.95 bits per heavy atom. The van der Waals surface area contributed by atoms with E-state index < -0.39 is 10.5 Å². The van der Waals surface area contributed by atoms with E-state index in [0.29, 0.717) is 16.5 Å². The van der Waals surface area contributed by atoms with Crippen molar-refractivity contribution in [3.05, 3.63) is 68.1 Å². The fraction of sp³-hybridized carbons (Fsp3) is 0.125. The van der Waals surface area contributed by atoms with Crippen LogP contribution in [0.1, 0.15) is 11.1 Å². The summed E-state index contributed by atoms with van der Waals surface area (Å²) >= 11 is 0. The standard InChI is InChI=1S/C16H12N2O4/c1-9-6-10(2)14-13(7-9)16(19)22-15(17-14)11-4-3-5-12(8-11)18(20)21/h3-8H,1-2H3. The first-order valence-electron chi connectivity index (χ1n) is 6.62. The minimum atomic E-state index is -0.503. The number of nitro groups is 1. The van der Waals surface area contributed by atoms with E-state index in [9.17, 15) is 14.9 Å². The van der Waals surface area contributed by atoms with Gasteiger partial charge in [0.25, 0.3) is 5.69 Å². The molecule has 110 valence electrons. The predicted octanol–water partition coefficient (Wildman–Crippen LogP) is 3.38. The molecule has 0 radical (unpaired) electrons. The Balaban J connectivity index is 2.27. The first-order valence-corrected chi connectivity index (χ1v) is 6.62. The highest BCUT2D eigenvalue weighted by atomic mass is 16.6. The molecule has 0 aliphatic heterocycles. The van der Waals surface area contributed by atoms with Gasteiger partial charge in [0, 0.05) is 17.7 Å². The SMILES string of the molecule is Cc1cc(C)c2nc(-c3cccc([N+](=O)[O-])c3)oc(=O)c2c1. The Bertz CT molecular complexity index is 960. The van der Waals surface area contributed by atoms with Crippen LogP contribution in [0, 0.1) is 24.0 Å². The molecule has 0 fully saturated rings. The van der Waals surface area contributed by atoms with E-state index in [1.54, 1.807) is 12.1 Å². The number of rotatable bonds is 2. The molecule has 0 unspecified atom stereocenters. The summed E-state index contributed by atoms with van der Waals surface area (Å²) in [5.41, 5.74) is 2.16. The smallest absolute Gasteiger partial charge is 0.347 e. The van der Waals surface area contributed by atoms with E-state index in [1.165, 1.54) is 18.2 Å². The van der Waals surface area contributed by atoms with Gasteiger partial charge in [-0.15, -0.1) is 0 Å². The predicted molar refractivity (Wildman–Crippen MR) is 81.8 cm³/mol. The molecule has 22 heavy (non-hydrogen) atoms. The van der Waals surface area contributed by atoms with E-state index in [-0.39, 0.29) is 11.6 Å². The molecule has 3 aromatic rings. The van der Waals surface area contributed by atoms with Crippen LogP contribution in [-0.4, -0.2) is 9.91 Å². The summed E-state index contributed by atoms with van der Waals surface area (Å²) in [5.74, 6) is 0.0770. The third kappa shape index (κ3) is 2.35. The normalized spacial score (nSPS) is 10.8. The number of fused-ring (bicyclic) bond motifs is 1. The molecule has 6 heteroatoms. The number of non-ortho nitro benzene ring substituents is 1. The lowest BCUT2D eigenvalue weighted by Crippen LogP contribution is -2.04. The van der Waals surface area contributed by atoms with Crippen LogP contribution >= 0.6 is 0 Å². The van der Waals surface area contributed by atoms with Crippen LogP contribution < -0.4 is 5.63 Å². The van der Waals surface area contributed by atoms with Gasteiger partial charge in [0.15, 0.2) is 0 Å². The van der Waals surface area contributed by atoms with Crippen LogP contribution in [0.3, 0.4) is 0 Å². The molecule has 0 N–H and O–H groups in total. The molecule has 1 heterocycles. The van der Waals surface area contributed by atoms with Gasteiger partial charge in [-0.25, -0.2) is 9.78 Å². The molecule has 0 saturated carbocycles. The molecule has 0 aliphatic rings. The van der Waals surface area contributed by atoms with Gasteiger partial charge >= 0.3 is 5.63 Å². The summed E-state index contributed by atoms with van der Waals surface area (Å²) < 4.78 is 5.23. The molecule has 6 nitrogen and oxygen atoms in total. The largest absolute Gasteiger partial charge is 0.403 e. The lowest BCUT2D eigenvalue weighted by atomic mass is 10.1. The zero-order valence-electron chi connectivity index (χ0n) is 12.0. The highest BCUT2D eigenvalue weighted by Crippen LogP contribution is 2.24. The second kappa shape index (κ2) is 5.07. The molecular weight excluding hydrogens is 284 g/mol. The number of nitro benzene ring substituents is 1. The van der Waals surface area contributed by atoms with Gasteiger partial charge in [0.1, 0.15) is 0 Å². The van der Waals surface area contributed by atoms with Crippen molar-refractivity contribution in [1.29, 1.82) is 0 Å². The van der Waals surface area contributed by atoms with E-state index in [2.05, 4.69) is 4.98 Å². The van der Waals surface area contributed by atoms with Gasteiger partial charge in [0.2, 0.25) is 5.89 Å². The van der Waals surface area contributed by atoms with E-state index in [4.69, 9.17) is 4.42 Å². The summed E-state index contributed by atoms with van der Waals surface area (Å²) in [6, 6.07) is 9.50. The Morgan fingerprint density at radius 1 is 1.18 bits per heavy atom. The van der Waals surface area contributed by atoms with Gasteiger partial charge in [0.05, 0.1) is 15.8 Å². The first-order chi connectivity index (χ1) is 10.5. The quantitative estimate of drug-likeness (QED) is 0.534. The minimum Gasteiger partial charge on any atom is -0.403 e. The molecule has 0 bridgehead atoms. The summed E-state index contributed by atoms with van der Waals surface area (Å²) in [6.45, 7) is 3.75. The summed E-state index contributed by atoms with van der Waals surface area (Å²) in [4.78, 5) is 26.9. The average Bonchev–Trinajstić information content (AvgIpc) is 2.48. The lowest BCUT2D eigenvalue weighted by molar-refractivity contribution is -0.384. The number of aromatic nitrogens is 1. The van der Waals surface area contributed by atoms with Crippen molar-refractivity contribution in [2.45, 2.75) is 13.8 Å². The molecule has 0 atom stereocenters. The Hall–Kier alpha value is -3.02. The molecule has 0 saturated heterocycles. The zero-order chi connectivity index (χ0) is 15.9. The fourth-order valence-electron chi connectivity index (χ4n) is 2.41. The number of aryl methyl sites for hydroxylation is 2. The van der Waals surface area contributed by atoms with Gasteiger partial charge in [-0.3, -0.25) is 10.1 Å². The van der Waals surface area contributed by atoms with Crippen molar-refractivity contribution < 1.29 is 9.34 Å². The van der Waals surface area contributed by atoms with Crippen molar-refractivity contribution >= 4 is 16.6 Å². The minimum absolute atomic E-state index is 0.0770. The molecule has 1 aromatic heterocycles. The lowest BCUT2D eigenvalue weighted by Gasteiger charge is -2.05. The monoisotopic (exact) mass is 296 g/mol. The number of hydrogen-bond acceptors (Lipinski definition) is 5. The maximum absolute atomic E-state index is 12.2. The van der Waals surface area contributed by atoms with Crippen molar-refractivity contribution in [3.63, 3.8) is 0 Å². The third-order valence-electron chi connectivity index (χ3n) is 3.37. The van der Waals surface area contributed by atoms with Crippen molar-refractivity contribution in [2.75, 3.05) is 0 Å². The number of nitrogens with zero attached hydrogens (tertiary/aromatic N) is 2. The zero-order valence-corrected chi connectivity index (χ0v) is 12.0. The summed E-state index contributed by atoms with van der Waals surface area (Å²) in [7, 11) is 0. The summed E-state index contributed by atoms with van der Waals surface area (Å²) in [6.07, 6.45) is 0. The fourth-order valence-corrected chi connectivity index (χ4v) is 2.41. The second-order valence-electron chi connectivity index (χ2n) is 5.09. The second-order valence-corrected chi connectivity index (χ2v) is 5.09. The molecule has 2 aromatic carbocycles.